The summed E-state index contributed by atoms with van der Waals surface area (Å²) in [6, 6.07) is 2.60. The molecule has 0 radical (unpaired) electrons. The Labute approximate surface area is 179 Å². The molecule has 1 aromatic heterocycles. The standard InChI is InChI=1S/C21H23F3N4O2S/c1-31(30)8-4-14(5-9-31)20(29)28-7-6-27(21-25-11-16(23)12-26-21)13-19(28)17-3-2-15(22)10-18(17)24/h2-3,10-12,14,19H,1,4-9,13H2. The average molecular weight is 453 g/mol. The van der Waals surface area contributed by atoms with Crippen molar-refractivity contribution >= 4 is 27.2 Å². The lowest BCUT2D eigenvalue weighted by molar-refractivity contribution is -0.138. The first-order chi connectivity index (χ1) is 14.7. The van der Waals surface area contributed by atoms with E-state index in [1.807, 2.05) is 0 Å². The molecule has 1 aromatic carbocycles. The summed E-state index contributed by atoms with van der Waals surface area (Å²) in [7, 11) is -2.13. The van der Waals surface area contributed by atoms with Gasteiger partial charge in [0.15, 0.2) is 5.82 Å². The van der Waals surface area contributed by atoms with Crippen molar-refractivity contribution in [2.24, 2.45) is 5.92 Å². The van der Waals surface area contributed by atoms with E-state index >= 15 is 0 Å². The lowest BCUT2D eigenvalue weighted by atomic mass is 9.96. The van der Waals surface area contributed by atoms with E-state index in [9.17, 15) is 22.2 Å². The highest BCUT2D eigenvalue weighted by Gasteiger charge is 2.38. The minimum absolute atomic E-state index is 0.136. The van der Waals surface area contributed by atoms with Gasteiger partial charge in [-0.25, -0.2) is 23.1 Å². The van der Waals surface area contributed by atoms with Crippen molar-refractivity contribution in [3.63, 3.8) is 0 Å². The third-order valence-corrected chi connectivity index (χ3v) is 7.86. The minimum Gasteiger partial charge on any atom is -0.337 e. The number of nitrogens with zero attached hydrogens (tertiary/aromatic N) is 4. The van der Waals surface area contributed by atoms with Crippen molar-refractivity contribution in [1.29, 1.82) is 0 Å². The van der Waals surface area contributed by atoms with Crippen LogP contribution in [-0.4, -0.2) is 62.0 Å². The van der Waals surface area contributed by atoms with Gasteiger partial charge in [0.05, 0.1) is 18.4 Å². The number of carbonyl (C=O) groups excluding carboxylic acids is 1. The number of aromatic nitrogens is 2. The molecule has 2 aromatic rings. The molecule has 2 saturated heterocycles. The molecular weight excluding hydrogens is 429 g/mol. The highest BCUT2D eigenvalue weighted by Crippen LogP contribution is 2.32. The zero-order valence-electron chi connectivity index (χ0n) is 16.8. The van der Waals surface area contributed by atoms with Crippen molar-refractivity contribution in [3.05, 3.63) is 53.6 Å². The molecule has 1 unspecified atom stereocenters. The Kier molecular flexibility index (Phi) is 5.92. The number of hydrogen-bond acceptors (Lipinski definition) is 5. The van der Waals surface area contributed by atoms with Crippen molar-refractivity contribution in [3.8, 4) is 0 Å². The van der Waals surface area contributed by atoms with Crippen LogP contribution >= 0.6 is 0 Å². The summed E-state index contributed by atoms with van der Waals surface area (Å²) in [5.74, 6) is 2.33. The Balaban J connectivity index is 1.62. The summed E-state index contributed by atoms with van der Waals surface area (Å²) in [6.45, 7) is 0.839. The second kappa shape index (κ2) is 8.49. The van der Waals surface area contributed by atoms with E-state index in [1.165, 1.54) is 6.07 Å². The molecule has 3 heterocycles. The number of anilines is 1. The zero-order chi connectivity index (χ0) is 22.2. The fourth-order valence-electron chi connectivity index (χ4n) is 4.18. The molecule has 166 valence electrons. The average Bonchev–Trinajstić information content (AvgIpc) is 2.73. The molecule has 0 bridgehead atoms. The van der Waals surface area contributed by atoms with E-state index in [0.29, 0.717) is 30.9 Å². The maximum absolute atomic E-state index is 14.7. The van der Waals surface area contributed by atoms with Crippen LogP contribution in [0.3, 0.4) is 0 Å². The molecule has 0 saturated carbocycles. The lowest BCUT2D eigenvalue weighted by Gasteiger charge is -2.43. The predicted octanol–water partition coefficient (Wildman–Crippen LogP) is 2.41. The molecule has 2 fully saturated rings. The highest BCUT2D eigenvalue weighted by molar-refractivity contribution is 8.00. The Hall–Kier alpha value is -2.62. The van der Waals surface area contributed by atoms with Gasteiger partial charge in [0.25, 0.3) is 0 Å². The predicted molar refractivity (Wildman–Crippen MR) is 113 cm³/mol. The molecule has 0 aliphatic carbocycles. The summed E-state index contributed by atoms with van der Waals surface area (Å²) in [5.41, 5.74) is 0.193. The number of halogens is 3. The zero-order valence-corrected chi connectivity index (χ0v) is 17.7. The third-order valence-electron chi connectivity index (χ3n) is 5.90. The van der Waals surface area contributed by atoms with Crippen LogP contribution in [0.2, 0.25) is 0 Å². The van der Waals surface area contributed by atoms with Crippen LogP contribution in [0.15, 0.2) is 30.6 Å². The number of piperazine rings is 1. The van der Waals surface area contributed by atoms with Crippen LogP contribution in [0, 0.1) is 23.4 Å². The fraction of sp³-hybridized carbons (Fsp3) is 0.429. The molecule has 2 aliphatic rings. The van der Waals surface area contributed by atoms with Crippen LogP contribution in [0.5, 0.6) is 0 Å². The third kappa shape index (κ3) is 4.68. The van der Waals surface area contributed by atoms with Gasteiger partial charge in [-0.2, -0.15) is 0 Å². The largest absolute Gasteiger partial charge is 0.337 e. The molecule has 4 rings (SSSR count). The second-order valence-electron chi connectivity index (χ2n) is 8.01. The van der Waals surface area contributed by atoms with Gasteiger partial charge in [-0.15, -0.1) is 0 Å². The quantitative estimate of drug-likeness (QED) is 0.670. The maximum Gasteiger partial charge on any atom is 0.226 e. The van der Waals surface area contributed by atoms with Gasteiger partial charge < -0.3 is 9.80 Å². The van der Waals surface area contributed by atoms with E-state index in [1.54, 1.807) is 9.80 Å². The highest BCUT2D eigenvalue weighted by atomic mass is 32.2. The Morgan fingerprint density at radius 2 is 1.74 bits per heavy atom. The first-order valence-corrected chi connectivity index (χ1v) is 12.1. The van der Waals surface area contributed by atoms with Crippen molar-refractivity contribution in [2.45, 2.75) is 18.9 Å². The van der Waals surface area contributed by atoms with E-state index in [2.05, 4.69) is 15.8 Å². The summed E-state index contributed by atoms with van der Waals surface area (Å²) in [4.78, 5) is 24.7. The van der Waals surface area contributed by atoms with Crippen molar-refractivity contribution < 1.29 is 22.2 Å². The van der Waals surface area contributed by atoms with Gasteiger partial charge in [0, 0.05) is 48.7 Å². The molecule has 6 nitrogen and oxygen atoms in total. The van der Waals surface area contributed by atoms with Crippen LogP contribution in [-0.2, 0) is 14.3 Å². The number of hydrogen-bond donors (Lipinski definition) is 0. The molecular formula is C21H23F3N4O2S. The van der Waals surface area contributed by atoms with E-state index in [0.717, 1.165) is 24.5 Å². The van der Waals surface area contributed by atoms with Gasteiger partial charge in [0.1, 0.15) is 11.6 Å². The molecule has 31 heavy (non-hydrogen) atoms. The Morgan fingerprint density at radius 1 is 1.06 bits per heavy atom. The summed E-state index contributed by atoms with van der Waals surface area (Å²) >= 11 is 0. The van der Waals surface area contributed by atoms with E-state index < -0.39 is 33.0 Å². The monoisotopic (exact) mass is 452 g/mol. The van der Waals surface area contributed by atoms with Crippen molar-refractivity contribution in [2.75, 3.05) is 36.0 Å². The molecule has 1 atom stereocenters. The summed E-state index contributed by atoms with van der Waals surface area (Å²) in [5, 5.41) is 0. The van der Waals surface area contributed by atoms with Gasteiger partial charge in [-0.1, -0.05) is 6.07 Å². The number of benzene rings is 1. The minimum atomic E-state index is -2.13. The Bertz CT molecular complexity index is 1060. The first kappa shape index (κ1) is 21.6. The fourth-order valence-corrected chi connectivity index (χ4v) is 5.81. The van der Waals surface area contributed by atoms with Gasteiger partial charge >= 0.3 is 0 Å². The lowest BCUT2D eigenvalue weighted by Crippen LogP contribution is -2.53. The SMILES string of the molecule is C=S1(=O)CCC(C(=O)N2CCN(c3ncc(F)cn3)CC2c2ccc(F)cc2F)CC1. The summed E-state index contributed by atoms with van der Waals surface area (Å²) < 4.78 is 53.5. The topological polar surface area (TPSA) is 66.4 Å². The number of rotatable bonds is 3. The normalized spacial score (nSPS) is 26.7. The summed E-state index contributed by atoms with van der Waals surface area (Å²) in [6.07, 6.45) is 3.04. The van der Waals surface area contributed by atoms with Crippen LogP contribution < -0.4 is 4.90 Å². The van der Waals surface area contributed by atoms with Crippen LogP contribution in [0.4, 0.5) is 19.1 Å². The van der Waals surface area contributed by atoms with E-state index in [4.69, 9.17) is 0 Å². The van der Waals surface area contributed by atoms with E-state index in [-0.39, 0.29) is 36.4 Å². The smallest absolute Gasteiger partial charge is 0.226 e. The molecule has 0 spiro atoms. The van der Waals surface area contributed by atoms with Crippen molar-refractivity contribution in [1.82, 2.24) is 14.9 Å². The molecule has 0 N–H and O–H groups in total. The van der Waals surface area contributed by atoms with Gasteiger partial charge in [-0.3, -0.25) is 9.00 Å². The molecule has 1 amide bonds. The molecule has 2 aliphatic heterocycles. The Morgan fingerprint density at radius 3 is 2.39 bits per heavy atom. The number of amides is 1. The van der Waals surface area contributed by atoms with Crippen LogP contribution in [0.1, 0.15) is 24.4 Å². The maximum atomic E-state index is 14.7. The number of carbonyl (C=O) groups is 1. The first-order valence-electron chi connectivity index (χ1n) is 10.0. The van der Waals surface area contributed by atoms with Gasteiger partial charge in [-0.05, 0) is 34.3 Å². The van der Waals surface area contributed by atoms with Crippen LogP contribution in [0.25, 0.3) is 0 Å². The second-order valence-corrected chi connectivity index (χ2v) is 10.8. The molecule has 10 heteroatoms. The van der Waals surface area contributed by atoms with Gasteiger partial charge in [0.2, 0.25) is 11.9 Å².